The smallest absolute Gasteiger partial charge is 0.251 e. The van der Waals surface area contributed by atoms with Crippen LogP contribution < -0.4 is 5.32 Å². The first kappa shape index (κ1) is 9.40. The van der Waals surface area contributed by atoms with Gasteiger partial charge in [0.2, 0.25) is 0 Å². The highest BCUT2D eigenvalue weighted by Crippen LogP contribution is 2.08. The van der Waals surface area contributed by atoms with Gasteiger partial charge in [-0.3, -0.25) is 4.79 Å². The predicted octanol–water partition coefficient (Wildman–Crippen LogP) is -3.44. The Hall–Kier alpha value is -0.690. The Balaban J connectivity index is 2.75. The summed E-state index contributed by atoms with van der Waals surface area (Å²) in [5, 5.41) is 38.3. The zero-order valence-corrected chi connectivity index (χ0v) is 6.21. The van der Waals surface area contributed by atoms with Crippen molar-refractivity contribution in [2.24, 2.45) is 0 Å². The number of aliphatic hydroxyl groups is 4. The molecule has 0 aliphatic carbocycles. The lowest BCUT2D eigenvalue weighted by molar-refractivity contribution is -0.139. The topological polar surface area (TPSA) is 110 Å². The highest BCUT2D eigenvalue weighted by atomic mass is 16.4. The molecule has 0 aromatic rings. The quantitative estimate of drug-likeness (QED) is 0.264. The van der Waals surface area contributed by atoms with Crippen molar-refractivity contribution >= 4 is 5.91 Å². The van der Waals surface area contributed by atoms with Gasteiger partial charge in [-0.1, -0.05) is 0 Å². The third kappa shape index (κ3) is 1.56. The summed E-state index contributed by atoms with van der Waals surface area (Å²) in [7, 11) is 0. The van der Waals surface area contributed by atoms with Crippen LogP contribution in [0.3, 0.4) is 0 Å². The number of hydrogen-bond donors (Lipinski definition) is 5. The largest absolute Gasteiger partial charge is 0.388 e. The molecule has 1 rings (SSSR count). The minimum absolute atomic E-state index is 0.172. The van der Waals surface area contributed by atoms with Crippen LogP contribution >= 0.6 is 0 Å². The molecular weight excluding hydrogens is 166 g/mol. The molecule has 6 heteroatoms. The maximum Gasteiger partial charge on any atom is 0.251 e. The van der Waals surface area contributed by atoms with E-state index in [2.05, 4.69) is 5.32 Å². The SMILES string of the molecule is O=C1NC[C@@H](O)[C@H](O)[C@@H](O)[C@H]1O. The van der Waals surface area contributed by atoms with Gasteiger partial charge in [0.05, 0.1) is 6.10 Å². The number of aliphatic hydroxyl groups excluding tert-OH is 4. The molecule has 1 heterocycles. The molecule has 1 saturated heterocycles. The number of carbonyl (C=O) groups is 1. The van der Waals surface area contributed by atoms with E-state index in [9.17, 15) is 4.79 Å². The Morgan fingerprint density at radius 2 is 1.75 bits per heavy atom. The zero-order valence-electron chi connectivity index (χ0n) is 6.21. The van der Waals surface area contributed by atoms with Crippen molar-refractivity contribution in [2.45, 2.75) is 24.4 Å². The van der Waals surface area contributed by atoms with Gasteiger partial charge in [0.1, 0.15) is 12.2 Å². The van der Waals surface area contributed by atoms with Gasteiger partial charge in [-0.2, -0.15) is 0 Å². The average Bonchev–Trinajstić information content (AvgIpc) is 2.14. The third-order valence-electron chi connectivity index (χ3n) is 1.82. The zero-order chi connectivity index (χ0) is 9.30. The van der Waals surface area contributed by atoms with Gasteiger partial charge in [0.15, 0.2) is 6.10 Å². The number of nitrogens with one attached hydrogen (secondary N) is 1. The molecule has 0 aromatic heterocycles. The molecule has 6 nitrogen and oxygen atoms in total. The molecule has 0 unspecified atom stereocenters. The van der Waals surface area contributed by atoms with Gasteiger partial charge in [-0.15, -0.1) is 0 Å². The second-order valence-electron chi connectivity index (χ2n) is 2.74. The van der Waals surface area contributed by atoms with Crippen molar-refractivity contribution in [2.75, 3.05) is 6.54 Å². The molecule has 4 atom stereocenters. The van der Waals surface area contributed by atoms with E-state index in [0.29, 0.717) is 0 Å². The van der Waals surface area contributed by atoms with E-state index in [1.54, 1.807) is 0 Å². The Labute approximate surface area is 68.4 Å². The standard InChI is InChI=1S/C6H11NO5/c8-2-1-7-6(12)5(11)4(10)3(2)9/h2-5,8-11H,1H2,(H,7,12)/t2-,3+,4-,5-/m1/s1. The predicted molar refractivity (Wildman–Crippen MR) is 37.0 cm³/mol. The Morgan fingerprint density at radius 1 is 1.17 bits per heavy atom. The molecule has 0 saturated carbocycles. The monoisotopic (exact) mass is 177 g/mol. The number of amides is 1. The molecule has 1 aliphatic heterocycles. The lowest BCUT2D eigenvalue weighted by Gasteiger charge is -2.19. The van der Waals surface area contributed by atoms with E-state index in [1.807, 2.05) is 0 Å². The third-order valence-corrected chi connectivity index (χ3v) is 1.82. The van der Waals surface area contributed by atoms with Crippen molar-refractivity contribution in [3.05, 3.63) is 0 Å². The normalized spacial score (nSPS) is 43.5. The van der Waals surface area contributed by atoms with E-state index in [1.165, 1.54) is 0 Å². The maximum atomic E-state index is 10.8. The second kappa shape index (κ2) is 3.36. The number of β-amino-alcohol motifs (C(OH)–C–C–N with tert-alkyl or cyclic N) is 1. The summed E-state index contributed by atoms with van der Waals surface area (Å²) in [5.74, 6) is -0.793. The summed E-state index contributed by atoms with van der Waals surface area (Å²) in [6, 6.07) is 0. The van der Waals surface area contributed by atoms with Crippen LogP contribution in [0.4, 0.5) is 0 Å². The van der Waals surface area contributed by atoms with Crippen LogP contribution in [0, 0.1) is 0 Å². The van der Waals surface area contributed by atoms with Crippen molar-refractivity contribution < 1.29 is 25.2 Å². The number of carbonyl (C=O) groups excluding carboxylic acids is 1. The van der Waals surface area contributed by atoms with Crippen molar-refractivity contribution in [1.82, 2.24) is 5.32 Å². The highest BCUT2D eigenvalue weighted by Gasteiger charge is 2.37. The van der Waals surface area contributed by atoms with Gasteiger partial charge in [-0.05, 0) is 0 Å². The molecule has 0 bridgehead atoms. The van der Waals surface area contributed by atoms with Crippen LogP contribution in [-0.4, -0.2) is 57.3 Å². The van der Waals surface area contributed by atoms with E-state index in [0.717, 1.165) is 0 Å². The molecule has 0 spiro atoms. The van der Waals surface area contributed by atoms with Gasteiger partial charge in [0.25, 0.3) is 5.91 Å². The van der Waals surface area contributed by atoms with Crippen LogP contribution in [0.15, 0.2) is 0 Å². The number of rotatable bonds is 0. The molecule has 70 valence electrons. The Kier molecular flexibility index (Phi) is 2.63. The van der Waals surface area contributed by atoms with Crippen molar-refractivity contribution in [1.29, 1.82) is 0 Å². The summed E-state index contributed by atoms with van der Waals surface area (Å²) in [6.07, 6.45) is -6.07. The van der Waals surface area contributed by atoms with Crippen LogP contribution in [0.2, 0.25) is 0 Å². The van der Waals surface area contributed by atoms with Crippen LogP contribution in [0.5, 0.6) is 0 Å². The highest BCUT2D eigenvalue weighted by molar-refractivity contribution is 5.81. The second-order valence-corrected chi connectivity index (χ2v) is 2.74. The number of hydrogen-bond acceptors (Lipinski definition) is 5. The molecule has 1 amide bonds. The minimum Gasteiger partial charge on any atom is -0.388 e. The summed E-state index contributed by atoms with van der Waals surface area (Å²) >= 11 is 0. The van der Waals surface area contributed by atoms with Crippen LogP contribution in [-0.2, 0) is 4.79 Å². The first-order valence-corrected chi connectivity index (χ1v) is 3.54. The van der Waals surface area contributed by atoms with Crippen molar-refractivity contribution in [3.8, 4) is 0 Å². The molecule has 0 aromatic carbocycles. The molecular formula is C6H11NO5. The average molecular weight is 177 g/mol. The molecule has 0 radical (unpaired) electrons. The molecule has 5 N–H and O–H groups in total. The summed E-state index contributed by atoms with van der Waals surface area (Å²) < 4.78 is 0. The van der Waals surface area contributed by atoms with Crippen LogP contribution in [0.1, 0.15) is 0 Å². The van der Waals surface area contributed by atoms with Gasteiger partial charge >= 0.3 is 0 Å². The fraction of sp³-hybridized carbons (Fsp3) is 0.833. The fourth-order valence-corrected chi connectivity index (χ4v) is 1.000. The molecule has 1 fully saturated rings. The van der Waals surface area contributed by atoms with Gasteiger partial charge in [0, 0.05) is 6.54 Å². The summed E-state index contributed by atoms with van der Waals surface area (Å²) in [4.78, 5) is 10.8. The molecule has 1 aliphatic rings. The van der Waals surface area contributed by atoms with Gasteiger partial charge < -0.3 is 25.7 Å². The Morgan fingerprint density at radius 3 is 2.33 bits per heavy atom. The maximum absolute atomic E-state index is 10.8. The van der Waals surface area contributed by atoms with E-state index in [4.69, 9.17) is 20.4 Å². The van der Waals surface area contributed by atoms with Crippen molar-refractivity contribution in [3.63, 3.8) is 0 Å². The van der Waals surface area contributed by atoms with E-state index >= 15 is 0 Å². The minimum atomic E-state index is -1.68. The van der Waals surface area contributed by atoms with E-state index in [-0.39, 0.29) is 6.54 Å². The summed E-state index contributed by atoms with van der Waals surface area (Å²) in [6.45, 7) is -0.172. The summed E-state index contributed by atoms with van der Waals surface area (Å²) in [5.41, 5.74) is 0. The first-order chi connectivity index (χ1) is 5.54. The lowest BCUT2D eigenvalue weighted by atomic mass is 10.1. The van der Waals surface area contributed by atoms with E-state index < -0.39 is 30.3 Å². The van der Waals surface area contributed by atoms with Crippen LogP contribution in [0.25, 0.3) is 0 Å². The lowest BCUT2D eigenvalue weighted by Crippen LogP contribution is -2.45. The first-order valence-electron chi connectivity index (χ1n) is 3.54. The fourth-order valence-electron chi connectivity index (χ4n) is 1.000. The molecule has 12 heavy (non-hydrogen) atoms. The Bertz CT molecular complexity index is 185. The van der Waals surface area contributed by atoms with Gasteiger partial charge in [-0.25, -0.2) is 0 Å².